The first-order chi connectivity index (χ1) is 10.5. The maximum atomic E-state index is 11.9. The molecule has 22 heavy (non-hydrogen) atoms. The summed E-state index contributed by atoms with van der Waals surface area (Å²) in [5.41, 5.74) is 0.435. The number of phenolic OH excluding ortho intramolecular Hbond substituents is 1. The Hall–Kier alpha value is -2.50. The van der Waals surface area contributed by atoms with Gasteiger partial charge in [-0.1, -0.05) is 6.92 Å². The quantitative estimate of drug-likeness (QED) is 0.349. The molecule has 0 heterocycles. The number of ether oxygens (including phenoxy) is 2. The van der Waals surface area contributed by atoms with E-state index in [4.69, 9.17) is 9.47 Å². The fourth-order valence-corrected chi connectivity index (χ4v) is 1.73. The van der Waals surface area contributed by atoms with Crippen LogP contribution in [-0.4, -0.2) is 36.1 Å². The van der Waals surface area contributed by atoms with E-state index in [2.05, 4.69) is 4.99 Å². The van der Waals surface area contributed by atoms with Crippen LogP contribution < -0.4 is 4.74 Å². The molecule has 0 amide bonds. The number of aliphatic hydroxyl groups is 1. The number of benzene rings is 1. The number of carbonyl (C=O) groups excluding carboxylic acids is 1. The van der Waals surface area contributed by atoms with E-state index in [1.54, 1.807) is 13.0 Å². The summed E-state index contributed by atoms with van der Waals surface area (Å²) in [5.74, 6) is -0.294. The zero-order valence-corrected chi connectivity index (χ0v) is 13.0. The number of aliphatic imine (C=N–C) groups is 1. The second-order valence-corrected chi connectivity index (χ2v) is 4.45. The summed E-state index contributed by atoms with van der Waals surface area (Å²) < 4.78 is 10.0. The van der Waals surface area contributed by atoms with Crippen molar-refractivity contribution in [2.75, 3.05) is 13.7 Å². The van der Waals surface area contributed by atoms with E-state index in [1.165, 1.54) is 25.5 Å². The van der Waals surface area contributed by atoms with E-state index in [0.29, 0.717) is 24.3 Å². The van der Waals surface area contributed by atoms with Crippen molar-refractivity contribution >= 4 is 17.9 Å². The average molecular weight is 307 g/mol. The van der Waals surface area contributed by atoms with Gasteiger partial charge in [0.1, 0.15) is 28.5 Å². The Kier molecular flexibility index (Phi) is 6.95. The lowest BCUT2D eigenvalue weighted by Gasteiger charge is -2.07. The van der Waals surface area contributed by atoms with E-state index in [0.717, 1.165) is 0 Å². The van der Waals surface area contributed by atoms with Gasteiger partial charge in [0.05, 0.1) is 13.7 Å². The summed E-state index contributed by atoms with van der Waals surface area (Å²) in [7, 11) is 1.45. The molecule has 0 aliphatic rings. The monoisotopic (exact) mass is 307 g/mol. The van der Waals surface area contributed by atoms with Gasteiger partial charge in [-0.05, 0) is 25.5 Å². The van der Waals surface area contributed by atoms with Crippen LogP contribution in [0.3, 0.4) is 0 Å². The molecule has 1 aromatic rings. The van der Waals surface area contributed by atoms with Gasteiger partial charge < -0.3 is 19.7 Å². The lowest BCUT2D eigenvalue weighted by Crippen LogP contribution is -2.11. The molecule has 1 rings (SSSR count). The second kappa shape index (κ2) is 8.71. The Balaban J connectivity index is 3.13. The molecule has 1 aromatic carbocycles. The highest BCUT2D eigenvalue weighted by atomic mass is 16.5. The number of hydrogen-bond acceptors (Lipinski definition) is 6. The van der Waals surface area contributed by atoms with Crippen molar-refractivity contribution in [3.63, 3.8) is 0 Å². The number of aromatic hydroxyl groups is 1. The molecular formula is C16H21NO5. The van der Waals surface area contributed by atoms with Gasteiger partial charge in [0, 0.05) is 18.7 Å². The molecule has 2 N–H and O–H groups in total. The lowest BCUT2D eigenvalue weighted by atomic mass is 10.1. The number of allylic oxidation sites excluding steroid dienone is 1. The highest BCUT2D eigenvalue weighted by Gasteiger charge is 2.14. The summed E-state index contributed by atoms with van der Waals surface area (Å²) in [4.78, 5) is 16.0. The lowest BCUT2D eigenvalue weighted by molar-refractivity contribution is -0.138. The third-order valence-corrected chi connectivity index (χ3v) is 2.79. The van der Waals surface area contributed by atoms with Crippen molar-refractivity contribution in [1.29, 1.82) is 0 Å². The molecule has 0 aliphatic carbocycles. The van der Waals surface area contributed by atoms with Crippen molar-refractivity contribution in [3.8, 4) is 11.5 Å². The molecule has 6 nitrogen and oxygen atoms in total. The number of esters is 1. The fourth-order valence-electron chi connectivity index (χ4n) is 1.73. The van der Waals surface area contributed by atoms with Crippen LogP contribution in [0.4, 0.5) is 5.69 Å². The zero-order valence-electron chi connectivity index (χ0n) is 13.0. The average Bonchev–Trinajstić information content (AvgIpc) is 2.49. The largest absolute Gasteiger partial charge is 0.511 e. The highest BCUT2D eigenvalue weighted by Crippen LogP contribution is 2.30. The maximum Gasteiger partial charge on any atom is 0.343 e. The molecule has 0 atom stereocenters. The van der Waals surface area contributed by atoms with Crippen LogP contribution >= 0.6 is 0 Å². The van der Waals surface area contributed by atoms with E-state index >= 15 is 0 Å². The molecule has 0 saturated heterocycles. The fraction of sp³-hybridized carbons (Fsp3) is 0.375. The summed E-state index contributed by atoms with van der Waals surface area (Å²) in [6, 6.07) is 4.41. The van der Waals surface area contributed by atoms with Crippen LogP contribution in [0, 0.1) is 0 Å². The van der Waals surface area contributed by atoms with Crippen LogP contribution in [0.5, 0.6) is 11.5 Å². The minimum atomic E-state index is -0.630. The van der Waals surface area contributed by atoms with Crippen molar-refractivity contribution in [2.24, 2.45) is 4.99 Å². The molecule has 0 bridgehead atoms. The van der Waals surface area contributed by atoms with Crippen LogP contribution in [0.25, 0.3) is 0 Å². The number of nitrogens with zero attached hydrogens (tertiary/aromatic N) is 1. The van der Waals surface area contributed by atoms with Gasteiger partial charge in [-0.25, -0.2) is 4.79 Å². The van der Waals surface area contributed by atoms with Gasteiger partial charge in [-0.15, -0.1) is 0 Å². The van der Waals surface area contributed by atoms with Gasteiger partial charge in [0.2, 0.25) is 0 Å². The molecule has 0 aliphatic heterocycles. The standard InChI is InChI=1S/C16H21NO5/c1-4-6-14(19)12(16(20)22-5-2)10-17-13-8-7-11(18)9-15(13)21-3/h7-10,18-19H,4-6H2,1-3H3/b14-12+,17-10?. The van der Waals surface area contributed by atoms with Crippen molar-refractivity contribution in [2.45, 2.75) is 26.7 Å². The third kappa shape index (κ3) is 4.80. The van der Waals surface area contributed by atoms with E-state index < -0.39 is 5.97 Å². The Morgan fingerprint density at radius 2 is 2.09 bits per heavy atom. The van der Waals surface area contributed by atoms with E-state index in [-0.39, 0.29) is 23.7 Å². The van der Waals surface area contributed by atoms with Gasteiger partial charge in [-0.3, -0.25) is 4.99 Å². The van der Waals surface area contributed by atoms with E-state index in [1.807, 2.05) is 6.92 Å². The molecule has 0 spiro atoms. The van der Waals surface area contributed by atoms with Crippen LogP contribution in [0.2, 0.25) is 0 Å². The van der Waals surface area contributed by atoms with Gasteiger partial charge in [0.25, 0.3) is 0 Å². The SMILES string of the molecule is CCC/C(O)=C(/C=Nc1ccc(O)cc1OC)C(=O)OCC. The summed E-state index contributed by atoms with van der Waals surface area (Å²) in [6.07, 6.45) is 2.29. The number of rotatable bonds is 7. The molecule has 120 valence electrons. The molecule has 0 saturated carbocycles. The van der Waals surface area contributed by atoms with Gasteiger partial charge >= 0.3 is 5.97 Å². The molecule has 0 radical (unpaired) electrons. The first-order valence-corrected chi connectivity index (χ1v) is 7.03. The predicted octanol–water partition coefficient (Wildman–Crippen LogP) is 3.28. The minimum absolute atomic E-state index is 0.0128. The summed E-state index contributed by atoms with van der Waals surface area (Å²) in [5, 5.41) is 19.4. The molecule has 0 aromatic heterocycles. The van der Waals surface area contributed by atoms with Crippen molar-refractivity contribution in [1.82, 2.24) is 0 Å². The Morgan fingerprint density at radius 1 is 1.36 bits per heavy atom. The number of carbonyl (C=O) groups is 1. The predicted molar refractivity (Wildman–Crippen MR) is 84.0 cm³/mol. The summed E-state index contributed by atoms with van der Waals surface area (Å²) >= 11 is 0. The van der Waals surface area contributed by atoms with Crippen LogP contribution in [-0.2, 0) is 9.53 Å². The topological polar surface area (TPSA) is 88.4 Å². The third-order valence-electron chi connectivity index (χ3n) is 2.79. The first kappa shape index (κ1) is 17.6. The Labute approximate surface area is 129 Å². The smallest absolute Gasteiger partial charge is 0.343 e. The van der Waals surface area contributed by atoms with E-state index in [9.17, 15) is 15.0 Å². The van der Waals surface area contributed by atoms with Crippen molar-refractivity contribution in [3.05, 3.63) is 29.5 Å². The summed E-state index contributed by atoms with van der Waals surface area (Å²) in [6.45, 7) is 3.78. The Morgan fingerprint density at radius 3 is 2.68 bits per heavy atom. The van der Waals surface area contributed by atoms with Crippen LogP contribution in [0.1, 0.15) is 26.7 Å². The maximum absolute atomic E-state index is 11.9. The van der Waals surface area contributed by atoms with Gasteiger partial charge in [-0.2, -0.15) is 0 Å². The molecular weight excluding hydrogens is 286 g/mol. The molecule has 0 unspecified atom stereocenters. The van der Waals surface area contributed by atoms with Crippen LogP contribution in [0.15, 0.2) is 34.5 Å². The second-order valence-electron chi connectivity index (χ2n) is 4.45. The number of aliphatic hydroxyl groups excluding tert-OH is 1. The zero-order chi connectivity index (χ0) is 16.5. The number of methoxy groups -OCH3 is 1. The Bertz CT molecular complexity index is 578. The minimum Gasteiger partial charge on any atom is -0.511 e. The van der Waals surface area contributed by atoms with Crippen molar-refractivity contribution < 1.29 is 24.5 Å². The molecule has 0 fully saturated rings. The van der Waals surface area contributed by atoms with Gasteiger partial charge in [0.15, 0.2) is 0 Å². The first-order valence-electron chi connectivity index (χ1n) is 7.03. The number of phenols is 1. The molecule has 6 heteroatoms. The normalized spacial score (nSPS) is 12.1. The highest BCUT2D eigenvalue weighted by molar-refractivity contribution is 6.10. The number of hydrogen-bond donors (Lipinski definition) is 2.